The van der Waals surface area contributed by atoms with E-state index >= 15 is 0 Å². The zero-order valence-corrected chi connectivity index (χ0v) is 13.8. The first-order chi connectivity index (χ1) is 10.6. The van der Waals surface area contributed by atoms with Crippen LogP contribution in [0.3, 0.4) is 0 Å². The number of rotatable bonds is 4. The highest BCUT2D eigenvalue weighted by Crippen LogP contribution is 2.17. The fourth-order valence-corrected chi connectivity index (χ4v) is 2.28. The van der Waals surface area contributed by atoms with E-state index in [2.05, 4.69) is 26.8 Å². The van der Waals surface area contributed by atoms with E-state index in [1.807, 2.05) is 43.3 Å². The van der Waals surface area contributed by atoms with Gasteiger partial charge in [0.2, 0.25) is 5.91 Å². The fraction of sp³-hybridized carbons (Fsp3) is 0.176. The number of nitrogens with one attached hydrogen (secondary N) is 2. The average molecular weight is 361 g/mol. The molecule has 0 saturated carbocycles. The Morgan fingerprint density at radius 2 is 1.77 bits per heavy atom. The molecule has 0 fully saturated rings. The number of amides is 2. The Hall–Kier alpha value is -2.14. The molecule has 2 aromatic carbocycles. The number of aryl methyl sites for hydroxylation is 2. The highest BCUT2D eigenvalue weighted by molar-refractivity contribution is 9.10. The Bertz CT molecular complexity index is 672. The second-order valence-corrected chi connectivity index (χ2v) is 5.81. The maximum atomic E-state index is 11.9. The van der Waals surface area contributed by atoms with Crippen molar-refractivity contribution in [1.82, 2.24) is 10.9 Å². The molecular weight excluding hydrogens is 344 g/mol. The van der Waals surface area contributed by atoms with Crippen LogP contribution in [0.2, 0.25) is 0 Å². The van der Waals surface area contributed by atoms with Crippen molar-refractivity contribution in [2.45, 2.75) is 19.8 Å². The fourth-order valence-electron chi connectivity index (χ4n) is 1.90. The predicted octanol–water partition coefficient (Wildman–Crippen LogP) is 3.15. The van der Waals surface area contributed by atoms with Crippen LogP contribution >= 0.6 is 15.9 Å². The second-order valence-electron chi connectivity index (χ2n) is 4.95. The molecule has 0 aliphatic rings. The topological polar surface area (TPSA) is 58.2 Å². The van der Waals surface area contributed by atoms with Crippen LogP contribution in [0.4, 0.5) is 0 Å². The second kappa shape index (κ2) is 7.75. The van der Waals surface area contributed by atoms with Gasteiger partial charge in [0.1, 0.15) is 0 Å². The molecule has 2 amide bonds. The molecule has 0 aliphatic carbocycles. The van der Waals surface area contributed by atoms with Crippen LogP contribution in [0, 0.1) is 6.92 Å². The smallest absolute Gasteiger partial charge is 0.269 e. The minimum Gasteiger partial charge on any atom is -0.273 e. The van der Waals surface area contributed by atoms with Gasteiger partial charge in [-0.05, 0) is 36.6 Å². The Kier molecular flexibility index (Phi) is 5.72. The number of carbonyl (C=O) groups is 2. The molecule has 0 spiro atoms. The highest BCUT2D eigenvalue weighted by Gasteiger charge is 2.08. The van der Waals surface area contributed by atoms with Gasteiger partial charge in [0.05, 0.1) is 0 Å². The number of hydrogen-bond acceptors (Lipinski definition) is 2. The molecule has 0 aromatic heterocycles. The van der Waals surface area contributed by atoms with Crippen molar-refractivity contribution in [2.24, 2.45) is 0 Å². The van der Waals surface area contributed by atoms with Crippen LogP contribution in [-0.4, -0.2) is 11.8 Å². The minimum absolute atomic E-state index is 0.219. The lowest BCUT2D eigenvalue weighted by Crippen LogP contribution is -2.41. The van der Waals surface area contributed by atoms with Crippen LogP contribution < -0.4 is 10.9 Å². The SMILES string of the molecule is Cc1ccc(C(=O)NNC(=O)CCc2ccccc2)cc1Br. The molecule has 5 heteroatoms. The maximum Gasteiger partial charge on any atom is 0.269 e. The third kappa shape index (κ3) is 4.70. The van der Waals surface area contributed by atoms with Crippen LogP contribution in [-0.2, 0) is 11.2 Å². The van der Waals surface area contributed by atoms with Gasteiger partial charge in [-0.3, -0.25) is 20.4 Å². The lowest BCUT2D eigenvalue weighted by molar-refractivity contribution is -0.121. The van der Waals surface area contributed by atoms with Gasteiger partial charge >= 0.3 is 0 Å². The number of benzene rings is 2. The molecule has 0 atom stereocenters. The third-order valence-electron chi connectivity index (χ3n) is 3.23. The first-order valence-corrected chi connectivity index (χ1v) is 7.75. The summed E-state index contributed by atoms with van der Waals surface area (Å²) in [6, 6.07) is 15.0. The molecule has 0 heterocycles. The van der Waals surface area contributed by atoms with Crippen LogP contribution in [0.25, 0.3) is 0 Å². The zero-order chi connectivity index (χ0) is 15.9. The summed E-state index contributed by atoms with van der Waals surface area (Å²) < 4.78 is 0.857. The van der Waals surface area contributed by atoms with Crippen molar-refractivity contribution >= 4 is 27.7 Å². The summed E-state index contributed by atoms with van der Waals surface area (Å²) in [5.74, 6) is -0.558. The van der Waals surface area contributed by atoms with E-state index < -0.39 is 0 Å². The summed E-state index contributed by atoms with van der Waals surface area (Å²) >= 11 is 3.38. The molecule has 0 saturated heterocycles. The summed E-state index contributed by atoms with van der Waals surface area (Å²) in [6.45, 7) is 1.94. The lowest BCUT2D eigenvalue weighted by atomic mass is 10.1. The van der Waals surface area contributed by atoms with Gasteiger partial charge in [0.25, 0.3) is 5.91 Å². The number of halogens is 1. The molecule has 22 heavy (non-hydrogen) atoms. The minimum atomic E-state index is -0.339. The molecule has 0 aliphatic heterocycles. The molecular formula is C17H17BrN2O2. The van der Waals surface area contributed by atoms with Gasteiger partial charge in [-0.15, -0.1) is 0 Å². The molecule has 0 bridgehead atoms. The predicted molar refractivity (Wildman–Crippen MR) is 89.3 cm³/mol. The van der Waals surface area contributed by atoms with Crippen LogP contribution in [0.1, 0.15) is 27.9 Å². The van der Waals surface area contributed by atoms with Gasteiger partial charge in [0.15, 0.2) is 0 Å². The van der Waals surface area contributed by atoms with E-state index in [-0.39, 0.29) is 11.8 Å². The summed E-state index contributed by atoms with van der Waals surface area (Å²) in [5, 5.41) is 0. The summed E-state index contributed by atoms with van der Waals surface area (Å²) in [5.41, 5.74) is 7.47. The van der Waals surface area contributed by atoms with Crippen molar-refractivity contribution in [2.75, 3.05) is 0 Å². The third-order valence-corrected chi connectivity index (χ3v) is 4.09. The molecule has 4 nitrogen and oxygen atoms in total. The Morgan fingerprint density at radius 3 is 2.45 bits per heavy atom. The standard InChI is InChI=1S/C17H17BrN2O2/c1-12-7-9-14(11-15(12)18)17(22)20-19-16(21)10-8-13-5-3-2-4-6-13/h2-7,9,11H,8,10H2,1H3,(H,19,21)(H,20,22). The first kappa shape index (κ1) is 16.2. The Morgan fingerprint density at radius 1 is 1.05 bits per heavy atom. The number of hydrazine groups is 1. The largest absolute Gasteiger partial charge is 0.273 e. The molecule has 114 valence electrons. The Balaban J connectivity index is 1.80. The maximum absolute atomic E-state index is 11.9. The Labute approximate surface area is 138 Å². The van der Waals surface area contributed by atoms with E-state index in [1.165, 1.54) is 0 Å². The number of carbonyl (C=O) groups excluding carboxylic acids is 2. The van der Waals surface area contributed by atoms with E-state index in [1.54, 1.807) is 12.1 Å². The summed E-state index contributed by atoms with van der Waals surface area (Å²) in [7, 11) is 0. The lowest BCUT2D eigenvalue weighted by Gasteiger charge is -2.08. The van der Waals surface area contributed by atoms with Crippen LogP contribution in [0.15, 0.2) is 53.0 Å². The van der Waals surface area contributed by atoms with Gasteiger partial charge in [-0.1, -0.05) is 52.3 Å². The van der Waals surface area contributed by atoms with E-state index in [9.17, 15) is 9.59 Å². The van der Waals surface area contributed by atoms with Crippen molar-refractivity contribution in [3.63, 3.8) is 0 Å². The van der Waals surface area contributed by atoms with Crippen molar-refractivity contribution in [3.8, 4) is 0 Å². The van der Waals surface area contributed by atoms with Crippen molar-refractivity contribution in [1.29, 1.82) is 0 Å². The quantitative estimate of drug-likeness (QED) is 0.822. The molecule has 0 radical (unpaired) electrons. The number of hydrogen-bond donors (Lipinski definition) is 2. The molecule has 2 aromatic rings. The normalized spacial score (nSPS) is 10.1. The van der Waals surface area contributed by atoms with Crippen molar-refractivity contribution in [3.05, 3.63) is 69.7 Å². The van der Waals surface area contributed by atoms with Gasteiger partial charge < -0.3 is 0 Å². The van der Waals surface area contributed by atoms with Crippen LogP contribution in [0.5, 0.6) is 0 Å². The average Bonchev–Trinajstić information content (AvgIpc) is 2.54. The van der Waals surface area contributed by atoms with Crippen molar-refractivity contribution < 1.29 is 9.59 Å². The van der Waals surface area contributed by atoms with Gasteiger partial charge in [0, 0.05) is 16.5 Å². The zero-order valence-electron chi connectivity index (χ0n) is 12.2. The van der Waals surface area contributed by atoms with E-state index in [4.69, 9.17) is 0 Å². The highest BCUT2D eigenvalue weighted by atomic mass is 79.9. The van der Waals surface area contributed by atoms with E-state index in [0.29, 0.717) is 18.4 Å². The molecule has 2 rings (SSSR count). The summed E-state index contributed by atoms with van der Waals surface area (Å²) in [4.78, 5) is 23.7. The van der Waals surface area contributed by atoms with Gasteiger partial charge in [-0.25, -0.2) is 0 Å². The van der Waals surface area contributed by atoms with E-state index in [0.717, 1.165) is 15.6 Å². The molecule has 0 unspecified atom stereocenters. The summed E-state index contributed by atoms with van der Waals surface area (Å²) in [6.07, 6.45) is 0.959. The first-order valence-electron chi connectivity index (χ1n) is 6.95. The van der Waals surface area contributed by atoms with Gasteiger partial charge in [-0.2, -0.15) is 0 Å². The monoisotopic (exact) mass is 360 g/mol. The molecule has 2 N–H and O–H groups in total.